The molecule has 0 aromatic heterocycles. The molecule has 0 aromatic rings. The molecule has 112 valence electrons. The summed E-state index contributed by atoms with van der Waals surface area (Å²) in [5, 5.41) is 12.8. The fraction of sp³-hybridized carbons (Fsp3) is 0.667. The van der Waals surface area contributed by atoms with Crippen molar-refractivity contribution in [2.75, 3.05) is 26.7 Å². The van der Waals surface area contributed by atoms with Crippen molar-refractivity contribution in [1.82, 2.24) is 9.80 Å². The largest absolute Gasteiger partial charge is 0.392 e. The van der Waals surface area contributed by atoms with Crippen LogP contribution in [0.15, 0.2) is 35.8 Å². The van der Waals surface area contributed by atoms with Crippen LogP contribution >= 0.6 is 0 Å². The monoisotopic (exact) mass is 279 g/mol. The summed E-state index contributed by atoms with van der Waals surface area (Å²) in [6.07, 6.45) is 2.96. The van der Waals surface area contributed by atoms with Gasteiger partial charge in [-0.25, -0.2) is 0 Å². The summed E-state index contributed by atoms with van der Waals surface area (Å²) >= 11 is 0. The second-order valence-electron chi connectivity index (χ2n) is 5.41. The van der Waals surface area contributed by atoms with Gasteiger partial charge < -0.3 is 10.0 Å². The van der Waals surface area contributed by atoms with E-state index >= 15 is 0 Å². The quantitative estimate of drug-likeness (QED) is 0.543. The molecule has 0 spiro atoms. The second-order valence-corrected chi connectivity index (χ2v) is 5.41. The van der Waals surface area contributed by atoms with Gasteiger partial charge in [-0.15, -0.1) is 5.73 Å². The van der Waals surface area contributed by atoms with Gasteiger partial charge in [-0.05, 0) is 26.0 Å². The van der Waals surface area contributed by atoms with Crippen molar-refractivity contribution < 1.29 is 5.11 Å². The van der Waals surface area contributed by atoms with Crippen molar-refractivity contribution in [3.63, 3.8) is 0 Å². The van der Waals surface area contributed by atoms with Crippen LogP contribution < -0.4 is 0 Å². The summed E-state index contributed by atoms with van der Waals surface area (Å²) in [5.74, 6) is 0. The van der Waals surface area contributed by atoms with Crippen LogP contribution in [0.4, 0.5) is 0 Å². The van der Waals surface area contributed by atoms with Gasteiger partial charge in [-0.1, -0.05) is 25.3 Å². The van der Waals surface area contributed by atoms with Crippen LogP contribution in [-0.2, 0) is 0 Å². The molecule has 1 aliphatic heterocycles. The zero-order valence-electron chi connectivity index (χ0n) is 12.5. The van der Waals surface area contributed by atoms with Crippen LogP contribution in [0.25, 0.3) is 0 Å². The Balaban J connectivity index is 2.60. The van der Waals surface area contributed by atoms with E-state index in [1.165, 1.54) is 0 Å². The average Bonchev–Trinajstić information content (AvgIpc) is 2.82. The minimum atomic E-state index is -0.320. The highest BCUT2D eigenvalue weighted by Gasteiger charge is 2.32. The maximum Gasteiger partial charge on any atom is 0.112 e. The van der Waals surface area contributed by atoms with Gasteiger partial charge >= 0.3 is 0 Å². The first kappa shape index (κ1) is 16.6. The number of likely N-dealkylation sites (N-methyl/N-ethyl adjacent to an activating group) is 1. The molecule has 1 saturated heterocycles. The average molecular weight is 279 g/mol. The minimum absolute atomic E-state index is 0.0900. The van der Waals surface area contributed by atoms with Crippen molar-refractivity contribution >= 4 is 0 Å². The summed E-state index contributed by atoms with van der Waals surface area (Å²) in [5.41, 5.74) is 3.71. The van der Waals surface area contributed by atoms with Gasteiger partial charge in [-0.2, -0.15) is 4.91 Å². The second kappa shape index (κ2) is 8.00. The van der Waals surface area contributed by atoms with Crippen molar-refractivity contribution in [3.8, 4) is 0 Å². The van der Waals surface area contributed by atoms with E-state index in [-0.39, 0.29) is 18.2 Å². The Morgan fingerprint density at radius 2 is 2.40 bits per heavy atom. The molecule has 0 aliphatic carbocycles. The third-order valence-electron chi connectivity index (χ3n) is 3.63. The molecular formula is C15H25N3O2. The number of rotatable bonds is 8. The molecule has 1 fully saturated rings. The predicted molar refractivity (Wildman–Crippen MR) is 81.3 cm³/mol. The Labute approximate surface area is 121 Å². The Morgan fingerprint density at radius 3 is 2.95 bits per heavy atom. The molecule has 0 amide bonds. The smallest absolute Gasteiger partial charge is 0.112 e. The minimum Gasteiger partial charge on any atom is -0.392 e. The fourth-order valence-corrected chi connectivity index (χ4v) is 2.53. The van der Waals surface area contributed by atoms with Gasteiger partial charge in [0.25, 0.3) is 0 Å². The van der Waals surface area contributed by atoms with Gasteiger partial charge in [0.05, 0.1) is 12.1 Å². The molecule has 5 nitrogen and oxygen atoms in total. The maximum absolute atomic E-state index is 10.7. The first-order valence-corrected chi connectivity index (χ1v) is 7.01. The molecule has 5 heteroatoms. The normalized spacial score (nSPS) is 23.5. The molecular weight excluding hydrogens is 254 g/mol. The Hall–Kier alpha value is -1.42. The molecule has 1 heterocycles. The van der Waals surface area contributed by atoms with Crippen LogP contribution in [0.3, 0.4) is 0 Å². The first-order chi connectivity index (χ1) is 9.51. The Morgan fingerprint density at radius 1 is 1.70 bits per heavy atom. The van der Waals surface area contributed by atoms with Crippen LogP contribution in [0.5, 0.6) is 0 Å². The van der Waals surface area contributed by atoms with Crippen LogP contribution in [-0.4, -0.2) is 59.8 Å². The standard InChI is InChI=1S/C15H25N3O2/c1-5-7-14-8-13(16-20)10-18(14)12(3)9-17(4)11-15(19)6-2/h7,13-15,19H,1,3,6,8-11H2,2,4H3. The Kier molecular flexibility index (Phi) is 6.65. The molecule has 1 aliphatic rings. The molecule has 0 saturated carbocycles. The third-order valence-corrected chi connectivity index (χ3v) is 3.63. The maximum atomic E-state index is 10.7. The lowest BCUT2D eigenvalue weighted by molar-refractivity contribution is 0.122. The van der Waals surface area contributed by atoms with Crippen molar-refractivity contribution in [3.05, 3.63) is 35.6 Å². The van der Waals surface area contributed by atoms with E-state index in [0.717, 1.165) is 12.1 Å². The van der Waals surface area contributed by atoms with Crippen molar-refractivity contribution in [2.45, 2.75) is 38.0 Å². The van der Waals surface area contributed by atoms with Gasteiger partial charge in [0.15, 0.2) is 0 Å². The van der Waals surface area contributed by atoms with Crippen LogP contribution in [0.2, 0.25) is 0 Å². The molecule has 3 atom stereocenters. The summed E-state index contributed by atoms with van der Waals surface area (Å²) in [6.45, 7) is 11.5. The number of hydrogen-bond acceptors (Lipinski definition) is 5. The molecule has 1 rings (SSSR count). The Bertz CT molecular complexity index is 391. The van der Waals surface area contributed by atoms with E-state index in [1.54, 1.807) is 0 Å². The number of hydrogen-bond donors (Lipinski definition) is 1. The highest BCUT2D eigenvalue weighted by Crippen LogP contribution is 2.25. The number of likely N-dealkylation sites (tertiary alicyclic amines) is 1. The topological polar surface area (TPSA) is 56.1 Å². The van der Waals surface area contributed by atoms with Crippen molar-refractivity contribution in [2.24, 2.45) is 5.18 Å². The van der Waals surface area contributed by atoms with Gasteiger partial charge in [0, 0.05) is 25.3 Å². The van der Waals surface area contributed by atoms with E-state index in [1.807, 2.05) is 24.9 Å². The predicted octanol–water partition coefficient (Wildman–Crippen LogP) is 1.75. The van der Waals surface area contributed by atoms with Gasteiger partial charge in [0.2, 0.25) is 0 Å². The highest BCUT2D eigenvalue weighted by molar-refractivity contribution is 5.10. The lowest BCUT2D eigenvalue weighted by atomic mass is 10.2. The lowest BCUT2D eigenvalue weighted by Crippen LogP contribution is -2.36. The first-order valence-electron chi connectivity index (χ1n) is 7.01. The molecule has 20 heavy (non-hydrogen) atoms. The fourth-order valence-electron chi connectivity index (χ4n) is 2.53. The van der Waals surface area contributed by atoms with E-state index in [0.29, 0.717) is 26.1 Å². The molecule has 0 radical (unpaired) electrons. The van der Waals surface area contributed by atoms with Crippen LogP contribution in [0.1, 0.15) is 19.8 Å². The van der Waals surface area contributed by atoms with Gasteiger partial charge in [-0.3, -0.25) is 4.90 Å². The zero-order valence-corrected chi connectivity index (χ0v) is 12.5. The highest BCUT2D eigenvalue weighted by atomic mass is 16.3. The van der Waals surface area contributed by atoms with E-state index < -0.39 is 0 Å². The van der Waals surface area contributed by atoms with Crippen LogP contribution in [0, 0.1) is 4.91 Å². The number of aliphatic hydroxyl groups is 1. The van der Waals surface area contributed by atoms with E-state index in [2.05, 4.69) is 29.0 Å². The van der Waals surface area contributed by atoms with E-state index in [4.69, 9.17) is 0 Å². The van der Waals surface area contributed by atoms with Crippen molar-refractivity contribution in [1.29, 1.82) is 0 Å². The zero-order chi connectivity index (χ0) is 15.1. The van der Waals surface area contributed by atoms with E-state index in [9.17, 15) is 10.0 Å². The summed E-state index contributed by atoms with van der Waals surface area (Å²) in [7, 11) is 1.95. The number of aliphatic hydroxyl groups excluding tert-OH is 1. The molecule has 3 unspecified atom stereocenters. The number of nitroso groups, excluding NO2 is 1. The molecule has 0 bridgehead atoms. The van der Waals surface area contributed by atoms with Gasteiger partial charge in [0.1, 0.15) is 6.04 Å². The summed E-state index contributed by atoms with van der Waals surface area (Å²) in [4.78, 5) is 14.8. The third kappa shape index (κ3) is 4.60. The summed E-state index contributed by atoms with van der Waals surface area (Å²) in [6, 6.07) is -0.111. The summed E-state index contributed by atoms with van der Waals surface area (Å²) < 4.78 is 0. The molecule has 1 N–H and O–H groups in total. The lowest BCUT2D eigenvalue weighted by Gasteiger charge is -2.29. The number of nitrogens with zero attached hydrogens (tertiary/aromatic N) is 3. The SMILES string of the molecule is C=C=CC1CC(N=O)CN1C(=C)CN(C)CC(O)CC. The molecule has 0 aromatic carbocycles.